The Morgan fingerprint density at radius 3 is 2.50 bits per heavy atom. The number of morpholine rings is 1. The molecule has 1 fully saturated rings. The standard InChI is InChI=1S/C27H27N5O5S/c1-19-9-10-20(16-24(19)38(35,36)31-12-14-37-15-13-31)26-22-7-2-3-8-23(22)27(34)32(30-26)18-25(33)29-17-21-6-4-5-11-28-21/h2-11,16H,12-15,17-18H2,1H3,(H,29,33). The maximum atomic E-state index is 13.4. The molecule has 5 rings (SSSR count). The predicted molar refractivity (Wildman–Crippen MR) is 142 cm³/mol. The van der Waals surface area contributed by atoms with E-state index in [-0.39, 0.29) is 31.1 Å². The van der Waals surface area contributed by atoms with E-state index in [1.54, 1.807) is 67.7 Å². The van der Waals surface area contributed by atoms with Gasteiger partial charge in [0.05, 0.1) is 41.4 Å². The number of fused-ring (bicyclic) bond motifs is 1. The molecule has 11 heteroatoms. The van der Waals surface area contributed by atoms with Crippen LogP contribution in [0, 0.1) is 6.92 Å². The van der Waals surface area contributed by atoms with E-state index in [0.717, 1.165) is 4.68 Å². The summed E-state index contributed by atoms with van der Waals surface area (Å²) in [6, 6.07) is 17.5. The molecule has 1 saturated heterocycles. The van der Waals surface area contributed by atoms with Crippen molar-refractivity contribution in [3.8, 4) is 11.3 Å². The van der Waals surface area contributed by atoms with Gasteiger partial charge in [0.2, 0.25) is 15.9 Å². The van der Waals surface area contributed by atoms with Gasteiger partial charge < -0.3 is 10.1 Å². The lowest BCUT2D eigenvalue weighted by molar-refractivity contribution is -0.122. The van der Waals surface area contributed by atoms with Gasteiger partial charge in [-0.2, -0.15) is 9.40 Å². The number of sulfonamides is 1. The van der Waals surface area contributed by atoms with Crippen molar-refractivity contribution in [2.75, 3.05) is 26.3 Å². The molecule has 2 aromatic heterocycles. The van der Waals surface area contributed by atoms with E-state index in [4.69, 9.17) is 4.74 Å². The zero-order valence-electron chi connectivity index (χ0n) is 20.8. The molecule has 10 nitrogen and oxygen atoms in total. The number of nitrogens with one attached hydrogen (secondary N) is 1. The normalized spacial score (nSPS) is 14.4. The highest BCUT2D eigenvalue weighted by Crippen LogP contribution is 2.30. The summed E-state index contributed by atoms with van der Waals surface area (Å²) < 4.78 is 34.7. The number of carbonyl (C=O) groups is 1. The molecule has 1 aliphatic heterocycles. The van der Waals surface area contributed by atoms with Crippen molar-refractivity contribution in [3.05, 3.63) is 88.5 Å². The van der Waals surface area contributed by atoms with Gasteiger partial charge in [0.25, 0.3) is 5.56 Å². The second kappa shape index (κ2) is 10.8. The van der Waals surface area contributed by atoms with Crippen molar-refractivity contribution in [2.24, 2.45) is 0 Å². The molecule has 0 unspecified atom stereocenters. The molecule has 2 aromatic carbocycles. The SMILES string of the molecule is Cc1ccc(-c2nn(CC(=O)NCc3ccccn3)c(=O)c3ccccc23)cc1S(=O)(=O)N1CCOCC1. The molecule has 0 spiro atoms. The van der Waals surface area contributed by atoms with Gasteiger partial charge in [-0.3, -0.25) is 14.6 Å². The number of aryl methyl sites for hydroxylation is 1. The number of benzene rings is 2. The summed E-state index contributed by atoms with van der Waals surface area (Å²) in [7, 11) is -3.76. The van der Waals surface area contributed by atoms with Gasteiger partial charge in [-0.05, 0) is 36.8 Å². The third-order valence-corrected chi connectivity index (χ3v) is 8.44. The molecular formula is C27H27N5O5S. The maximum Gasteiger partial charge on any atom is 0.275 e. The van der Waals surface area contributed by atoms with Gasteiger partial charge in [0, 0.05) is 30.2 Å². The Morgan fingerprint density at radius 1 is 1.03 bits per heavy atom. The quantitative estimate of drug-likeness (QED) is 0.386. The molecule has 1 aliphatic rings. The van der Waals surface area contributed by atoms with Crippen LogP contribution in [0.25, 0.3) is 22.0 Å². The first kappa shape index (κ1) is 25.7. The average Bonchev–Trinajstić information content (AvgIpc) is 2.95. The van der Waals surface area contributed by atoms with Crippen LogP contribution in [0.3, 0.4) is 0 Å². The first-order valence-corrected chi connectivity index (χ1v) is 13.6. The number of ether oxygens (including phenoxy) is 1. The van der Waals surface area contributed by atoms with Crippen LogP contribution in [0.5, 0.6) is 0 Å². The number of pyridine rings is 1. The average molecular weight is 534 g/mol. The molecule has 0 radical (unpaired) electrons. The Kier molecular flexibility index (Phi) is 7.32. The fourth-order valence-electron chi connectivity index (χ4n) is 4.39. The summed E-state index contributed by atoms with van der Waals surface area (Å²) in [5, 5.41) is 8.24. The van der Waals surface area contributed by atoms with Crippen LogP contribution < -0.4 is 10.9 Å². The van der Waals surface area contributed by atoms with E-state index in [0.29, 0.717) is 46.5 Å². The number of amides is 1. The van der Waals surface area contributed by atoms with Gasteiger partial charge in [0.15, 0.2) is 0 Å². The fourth-order valence-corrected chi connectivity index (χ4v) is 6.05. The number of carbonyl (C=O) groups excluding carboxylic acids is 1. The first-order chi connectivity index (χ1) is 18.3. The van der Waals surface area contributed by atoms with Crippen molar-refractivity contribution in [1.82, 2.24) is 24.4 Å². The zero-order valence-corrected chi connectivity index (χ0v) is 21.6. The van der Waals surface area contributed by atoms with E-state index >= 15 is 0 Å². The van der Waals surface area contributed by atoms with E-state index in [9.17, 15) is 18.0 Å². The minimum Gasteiger partial charge on any atom is -0.379 e. The van der Waals surface area contributed by atoms with E-state index < -0.39 is 21.5 Å². The summed E-state index contributed by atoms with van der Waals surface area (Å²) in [6.07, 6.45) is 1.64. The van der Waals surface area contributed by atoms with Gasteiger partial charge in [0.1, 0.15) is 6.54 Å². The highest BCUT2D eigenvalue weighted by atomic mass is 32.2. The van der Waals surface area contributed by atoms with Gasteiger partial charge >= 0.3 is 0 Å². The van der Waals surface area contributed by atoms with E-state index in [1.807, 2.05) is 6.07 Å². The summed E-state index contributed by atoms with van der Waals surface area (Å²) >= 11 is 0. The third-order valence-electron chi connectivity index (χ3n) is 6.40. The summed E-state index contributed by atoms with van der Waals surface area (Å²) in [6.45, 7) is 2.92. The minimum atomic E-state index is -3.76. The minimum absolute atomic E-state index is 0.175. The van der Waals surface area contributed by atoms with Crippen molar-refractivity contribution < 1.29 is 17.9 Å². The Bertz CT molecular complexity index is 1650. The molecular weight excluding hydrogens is 506 g/mol. The molecule has 1 N–H and O–H groups in total. The van der Waals surface area contributed by atoms with Gasteiger partial charge in [-0.1, -0.05) is 36.4 Å². The fraction of sp³-hybridized carbons (Fsp3) is 0.259. The lowest BCUT2D eigenvalue weighted by Crippen LogP contribution is -2.40. The topological polar surface area (TPSA) is 123 Å². The van der Waals surface area contributed by atoms with Crippen molar-refractivity contribution in [2.45, 2.75) is 24.9 Å². The third kappa shape index (κ3) is 5.21. The number of hydrogen-bond acceptors (Lipinski definition) is 7. The van der Waals surface area contributed by atoms with Gasteiger partial charge in [-0.15, -0.1) is 0 Å². The number of aromatic nitrogens is 3. The largest absolute Gasteiger partial charge is 0.379 e. The molecule has 1 amide bonds. The number of nitrogens with zero attached hydrogens (tertiary/aromatic N) is 4. The highest BCUT2D eigenvalue weighted by Gasteiger charge is 2.28. The molecule has 0 saturated carbocycles. The molecule has 0 atom stereocenters. The van der Waals surface area contributed by atoms with E-state index in [2.05, 4.69) is 15.4 Å². The Morgan fingerprint density at radius 2 is 1.76 bits per heavy atom. The van der Waals surface area contributed by atoms with Crippen LogP contribution in [-0.4, -0.2) is 59.7 Å². The van der Waals surface area contributed by atoms with E-state index in [1.165, 1.54) is 4.31 Å². The second-order valence-electron chi connectivity index (χ2n) is 8.95. The van der Waals surface area contributed by atoms with Crippen LogP contribution >= 0.6 is 0 Å². The van der Waals surface area contributed by atoms with Gasteiger partial charge in [-0.25, -0.2) is 13.1 Å². The molecule has 4 aromatic rings. The van der Waals surface area contributed by atoms with Crippen LogP contribution in [0.2, 0.25) is 0 Å². The van der Waals surface area contributed by atoms with Crippen molar-refractivity contribution >= 4 is 26.7 Å². The molecule has 38 heavy (non-hydrogen) atoms. The van der Waals surface area contributed by atoms with Crippen LogP contribution in [0.4, 0.5) is 0 Å². The summed E-state index contributed by atoms with van der Waals surface area (Å²) in [4.78, 5) is 30.3. The second-order valence-corrected chi connectivity index (χ2v) is 10.9. The Balaban J connectivity index is 1.52. The predicted octanol–water partition coefficient (Wildman–Crippen LogP) is 2.10. The van der Waals surface area contributed by atoms with Crippen LogP contribution in [-0.2, 0) is 32.6 Å². The van der Waals surface area contributed by atoms with Crippen molar-refractivity contribution in [1.29, 1.82) is 0 Å². The monoisotopic (exact) mass is 533 g/mol. The van der Waals surface area contributed by atoms with Crippen LogP contribution in [0.15, 0.2) is 76.6 Å². The molecule has 0 aliphatic carbocycles. The van der Waals surface area contributed by atoms with Crippen molar-refractivity contribution in [3.63, 3.8) is 0 Å². The molecule has 3 heterocycles. The summed E-state index contributed by atoms with van der Waals surface area (Å²) in [5.74, 6) is -0.397. The number of hydrogen-bond donors (Lipinski definition) is 1. The number of rotatable bonds is 7. The summed E-state index contributed by atoms with van der Waals surface area (Å²) in [5.41, 5.74) is 1.82. The zero-order chi connectivity index (χ0) is 26.7. The lowest BCUT2D eigenvalue weighted by Gasteiger charge is -2.27. The maximum absolute atomic E-state index is 13.4. The Labute approximate surface area is 219 Å². The molecule has 0 bridgehead atoms. The smallest absolute Gasteiger partial charge is 0.275 e. The van der Waals surface area contributed by atoms with Crippen LogP contribution in [0.1, 0.15) is 11.3 Å². The Hall–Kier alpha value is -3.93. The highest BCUT2D eigenvalue weighted by molar-refractivity contribution is 7.89. The lowest BCUT2D eigenvalue weighted by atomic mass is 10.0. The molecule has 196 valence electrons. The first-order valence-electron chi connectivity index (χ1n) is 12.2.